The maximum atomic E-state index is 12.1. The Hall–Kier alpha value is -3.15. The van der Waals surface area contributed by atoms with E-state index in [1.807, 2.05) is 31.3 Å². The van der Waals surface area contributed by atoms with Crippen molar-refractivity contribution in [3.05, 3.63) is 70.0 Å². The Labute approximate surface area is 170 Å². The Morgan fingerprint density at radius 2 is 1.86 bits per heavy atom. The lowest BCUT2D eigenvalue weighted by molar-refractivity contribution is 0.0998. The summed E-state index contributed by atoms with van der Waals surface area (Å²) in [6, 6.07) is 9.80. The molecule has 4 rings (SSSR count). The van der Waals surface area contributed by atoms with Gasteiger partial charge in [0.25, 0.3) is 0 Å². The molecule has 2 aliphatic rings. The molecule has 2 N–H and O–H groups in total. The van der Waals surface area contributed by atoms with Crippen LogP contribution in [0, 0.1) is 0 Å². The van der Waals surface area contributed by atoms with Crippen molar-refractivity contribution in [3.8, 4) is 0 Å². The topological polar surface area (TPSA) is 85.5 Å². The average Bonchev–Trinajstić information content (AvgIpc) is 2.90. The number of fused-ring (bicyclic) bond motifs is 2. The highest BCUT2D eigenvalue weighted by atomic mass is 16.6. The highest BCUT2D eigenvalue weighted by molar-refractivity contribution is 5.94. The van der Waals surface area contributed by atoms with E-state index in [1.165, 1.54) is 11.1 Å². The fourth-order valence-electron chi connectivity index (χ4n) is 4.24. The fraction of sp³-hybridized carbons (Fsp3) is 0.348. The minimum Gasteiger partial charge on any atom is -0.450 e. The van der Waals surface area contributed by atoms with Gasteiger partial charge in [-0.05, 0) is 67.5 Å². The number of nitrogens with zero attached hydrogens (tertiary/aromatic N) is 2. The molecule has 29 heavy (non-hydrogen) atoms. The second kappa shape index (κ2) is 8.07. The molecule has 0 spiro atoms. The highest BCUT2D eigenvalue weighted by Gasteiger charge is 2.27. The van der Waals surface area contributed by atoms with Crippen LogP contribution < -0.4 is 5.73 Å². The van der Waals surface area contributed by atoms with Gasteiger partial charge in [-0.1, -0.05) is 17.7 Å². The number of amides is 2. The van der Waals surface area contributed by atoms with Gasteiger partial charge in [0.15, 0.2) is 0 Å². The zero-order valence-electron chi connectivity index (χ0n) is 16.6. The summed E-state index contributed by atoms with van der Waals surface area (Å²) in [4.78, 5) is 30.2. The molecule has 1 fully saturated rings. The molecular weight excluding hydrogens is 366 g/mol. The number of hydrogen-bond donors (Lipinski definition) is 1. The molecule has 6 nitrogen and oxygen atoms in total. The Kier molecular flexibility index (Phi) is 5.34. The molecule has 2 amide bonds. The van der Waals surface area contributed by atoms with Gasteiger partial charge in [-0.3, -0.25) is 9.78 Å². The van der Waals surface area contributed by atoms with Gasteiger partial charge in [0, 0.05) is 30.4 Å². The minimum absolute atomic E-state index is 0.248. The van der Waals surface area contributed by atoms with Crippen LogP contribution in [0.1, 0.15) is 52.5 Å². The van der Waals surface area contributed by atoms with Crippen molar-refractivity contribution in [2.45, 2.75) is 32.6 Å². The lowest BCUT2D eigenvalue weighted by atomic mass is 9.88. The van der Waals surface area contributed by atoms with Gasteiger partial charge in [-0.15, -0.1) is 0 Å². The Morgan fingerprint density at radius 1 is 1.10 bits per heavy atom. The fourth-order valence-corrected chi connectivity index (χ4v) is 4.24. The number of benzene rings is 1. The van der Waals surface area contributed by atoms with Gasteiger partial charge >= 0.3 is 6.09 Å². The number of rotatable bonds is 2. The number of carbonyl (C=O) groups excluding carboxylic acids is 2. The van der Waals surface area contributed by atoms with Crippen LogP contribution in [0.3, 0.4) is 0 Å². The summed E-state index contributed by atoms with van der Waals surface area (Å²) < 4.78 is 5.14. The number of hydrogen-bond acceptors (Lipinski definition) is 4. The molecule has 0 bridgehead atoms. The molecule has 0 unspecified atom stereocenters. The molecule has 1 aromatic heterocycles. The van der Waals surface area contributed by atoms with Crippen molar-refractivity contribution in [2.24, 2.45) is 5.73 Å². The number of carbonyl (C=O) groups is 2. The van der Waals surface area contributed by atoms with Crippen LogP contribution in [0.15, 0.2) is 42.1 Å². The number of ether oxygens (including phenoxy) is 1. The molecule has 1 aliphatic carbocycles. The van der Waals surface area contributed by atoms with E-state index in [1.54, 1.807) is 11.0 Å². The van der Waals surface area contributed by atoms with E-state index in [-0.39, 0.29) is 6.09 Å². The molecule has 2 heterocycles. The number of likely N-dealkylation sites (tertiary alicyclic amines) is 1. The maximum Gasteiger partial charge on any atom is 0.409 e. The minimum atomic E-state index is -0.412. The Morgan fingerprint density at radius 3 is 2.59 bits per heavy atom. The van der Waals surface area contributed by atoms with Gasteiger partial charge in [0.2, 0.25) is 5.91 Å². The van der Waals surface area contributed by atoms with Crippen molar-refractivity contribution in [1.29, 1.82) is 0 Å². The molecular formula is C23H25N3O3. The molecule has 1 saturated heterocycles. The van der Waals surface area contributed by atoms with Gasteiger partial charge < -0.3 is 15.4 Å². The normalized spacial score (nSPS) is 16.0. The van der Waals surface area contributed by atoms with Gasteiger partial charge in [-0.25, -0.2) is 4.79 Å². The lowest BCUT2D eigenvalue weighted by Gasteiger charge is -2.29. The van der Waals surface area contributed by atoms with Gasteiger partial charge in [0.05, 0.1) is 12.3 Å². The van der Waals surface area contributed by atoms with Crippen molar-refractivity contribution in [2.75, 3.05) is 19.7 Å². The molecule has 0 radical (unpaired) electrons. The second-order valence-electron chi connectivity index (χ2n) is 7.41. The lowest BCUT2D eigenvalue weighted by Crippen LogP contribution is -2.37. The van der Waals surface area contributed by atoms with Crippen LogP contribution in [-0.4, -0.2) is 41.6 Å². The van der Waals surface area contributed by atoms with Crippen molar-refractivity contribution in [1.82, 2.24) is 9.88 Å². The molecule has 1 aromatic carbocycles. The Bertz CT molecular complexity index is 987. The monoisotopic (exact) mass is 391 g/mol. The van der Waals surface area contributed by atoms with Crippen LogP contribution in [0.25, 0.3) is 5.57 Å². The van der Waals surface area contributed by atoms with Crippen molar-refractivity contribution in [3.63, 3.8) is 0 Å². The third kappa shape index (κ3) is 3.75. The van der Waals surface area contributed by atoms with E-state index in [2.05, 4.69) is 6.07 Å². The van der Waals surface area contributed by atoms with Crippen LogP contribution >= 0.6 is 0 Å². The molecule has 0 atom stereocenters. The van der Waals surface area contributed by atoms with Crippen LogP contribution in [-0.2, 0) is 17.6 Å². The molecule has 1 aliphatic heterocycles. The van der Waals surface area contributed by atoms with E-state index in [9.17, 15) is 9.59 Å². The summed E-state index contributed by atoms with van der Waals surface area (Å²) in [6.07, 6.45) is 4.84. The van der Waals surface area contributed by atoms with E-state index < -0.39 is 5.91 Å². The smallest absolute Gasteiger partial charge is 0.409 e. The van der Waals surface area contributed by atoms with E-state index >= 15 is 0 Å². The van der Waals surface area contributed by atoms with E-state index in [0.717, 1.165) is 48.1 Å². The first-order valence-electron chi connectivity index (χ1n) is 10.1. The SMILES string of the molecule is CCOC(=O)N1CCC(=C2c3ccc(C(N)=O)cc3CCc3cccnc32)CC1. The quantitative estimate of drug-likeness (QED) is 0.851. The first-order chi connectivity index (χ1) is 14.1. The number of aromatic nitrogens is 1. The number of pyridine rings is 1. The first kappa shape index (κ1) is 19.2. The summed E-state index contributed by atoms with van der Waals surface area (Å²) in [5.74, 6) is -0.412. The predicted octanol–water partition coefficient (Wildman–Crippen LogP) is 3.33. The molecule has 150 valence electrons. The van der Waals surface area contributed by atoms with Crippen LogP contribution in [0.5, 0.6) is 0 Å². The largest absolute Gasteiger partial charge is 0.450 e. The van der Waals surface area contributed by atoms with E-state index in [0.29, 0.717) is 25.3 Å². The number of nitrogens with two attached hydrogens (primary N) is 1. The summed E-state index contributed by atoms with van der Waals surface area (Å²) >= 11 is 0. The first-order valence-corrected chi connectivity index (χ1v) is 10.1. The maximum absolute atomic E-state index is 12.1. The zero-order chi connectivity index (χ0) is 20.4. The molecule has 0 saturated carbocycles. The van der Waals surface area contributed by atoms with Crippen LogP contribution in [0.2, 0.25) is 0 Å². The third-order valence-electron chi connectivity index (χ3n) is 5.70. The average molecular weight is 391 g/mol. The summed E-state index contributed by atoms with van der Waals surface area (Å²) in [5, 5.41) is 0. The summed E-state index contributed by atoms with van der Waals surface area (Å²) in [6.45, 7) is 3.47. The second-order valence-corrected chi connectivity index (χ2v) is 7.41. The van der Waals surface area contributed by atoms with E-state index in [4.69, 9.17) is 15.5 Å². The third-order valence-corrected chi connectivity index (χ3v) is 5.70. The molecule has 2 aromatic rings. The van der Waals surface area contributed by atoms with Gasteiger partial charge in [0.1, 0.15) is 0 Å². The summed E-state index contributed by atoms with van der Waals surface area (Å²) in [7, 11) is 0. The standard InChI is InChI=1S/C23H25N3O3/c1-2-29-23(28)26-12-9-15(10-13-26)20-19-8-7-18(22(24)27)14-17(19)6-5-16-4-3-11-25-21(16)20/h3-4,7-8,11,14H,2,5-6,9-10,12-13H2,1H3,(H2,24,27). The summed E-state index contributed by atoms with van der Waals surface area (Å²) in [5.41, 5.74) is 12.9. The number of aryl methyl sites for hydroxylation is 2. The Balaban J connectivity index is 1.77. The van der Waals surface area contributed by atoms with Gasteiger partial charge in [-0.2, -0.15) is 0 Å². The number of primary amides is 1. The zero-order valence-corrected chi connectivity index (χ0v) is 16.6. The van der Waals surface area contributed by atoms with Crippen molar-refractivity contribution < 1.29 is 14.3 Å². The molecule has 6 heteroatoms. The van der Waals surface area contributed by atoms with Crippen molar-refractivity contribution >= 4 is 17.6 Å². The number of piperidine rings is 1. The predicted molar refractivity (Wildman–Crippen MR) is 110 cm³/mol. The highest BCUT2D eigenvalue weighted by Crippen LogP contribution is 2.38. The van der Waals surface area contributed by atoms with Crippen LogP contribution in [0.4, 0.5) is 4.79 Å².